The van der Waals surface area contributed by atoms with Crippen molar-refractivity contribution in [2.75, 3.05) is 10.6 Å². The number of pyridine rings is 2. The first-order chi connectivity index (χ1) is 11.8. The van der Waals surface area contributed by atoms with Crippen LogP contribution in [0.3, 0.4) is 0 Å². The maximum atomic E-state index is 5.48. The van der Waals surface area contributed by atoms with Crippen LogP contribution in [0.25, 0.3) is 21.5 Å². The monoisotopic (exact) mass is 330 g/mol. The maximum Gasteiger partial charge on any atom is 0.175 e. The van der Waals surface area contributed by atoms with Gasteiger partial charge in [-0.3, -0.25) is 9.97 Å². The number of fused-ring (bicyclic) bond motifs is 2. The van der Waals surface area contributed by atoms with Gasteiger partial charge in [-0.15, -0.1) is 0 Å². The minimum atomic E-state index is 0.530. The van der Waals surface area contributed by atoms with Gasteiger partial charge in [0.2, 0.25) is 0 Å². The molecule has 0 aliphatic rings. The van der Waals surface area contributed by atoms with Crippen LogP contribution in [0.15, 0.2) is 73.3 Å². The maximum absolute atomic E-state index is 5.48. The Hall–Kier alpha value is -3.05. The molecule has 0 saturated carbocycles. The number of hydrogen-bond donors (Lipinski definition) is 2. The van der Waals surface area contributed by atoms with Gasteiger partial charge in [0.05, 0.1) is 0 Å². The Bertz CT molecular complexity index is 952. The predicted molar refractivity (Wildman–Crippen MR) is 103 cm³/mol. The van der Waals surface area contributed by atoms with E-state index in [1.165, 1.54) is 0 Å². The number of benzene rings is 2. The summed E-state index contributed by atoms with van der Waals surface area (Å²) in [6.45, 7) is 0. The number of rotatable bonds is 2. The predicted octanol–water partition coefficient (Wildman–Crippen LogP) is 4.59. The second-order valence-electron chi connectivity index (χ2n) is 5.38. The second kappa shape index (κ2) is 6.22. The van der Waals surface area contributed by atoms with Crippen molar-refractivity contribution in [2.24, 2.45) is 0 Å². The first-order valence-corrected chi connectivity index (χ1v) is 7.95. The van der Waals surface area contributed by atoms with Crippen LogP contribution in [0.4, 0.5) is 11.4 Å². The SMILES string of the molecule is S=C(Nc1cccc2ccncc12)Nc1cccc2ccncc12. The van der Waals surface area contributed by atoms with Crippen molar-refractivity contribution in [3.05, 3.63) is 73.3 Å². The Morgan fingerprint density at radius 3 is 1.71 bits per heavy atom. The van der Waals surface area contributed by atoms with E-state index in [1.807, 2.05) is 48.8 Å². The standard InChI is InChI=1S/C19H14N4S/c24-19(22-17-5-1-3-13-7-9-20-11-15(13)17)23-18-6-2-4-14-8-10-21-12-16(14)18/h1-12H,(H2,22,23,24). The molecule has 0 amide bonds. The Labute approximate surface area is 144 Å². The molecule has 24 heavy (non-hydrogen) atoms. The summed E-state index contributed by atoms with van der Waals surface area (Å²) in [6.07, 6.45) is 7.24. The van der Waals surface area contributed by atoms with E-state index >= 15 is 0 Å². The molecule has 2 heterocycles. The van der Waals surface area contributed by atoms with Gasteiger partial charge in [0.25, 0.3) is 0 Å². The first-order valence-electron chi connectivity index (χ1n) is 7.55. The second-order valence-corrected chi connectivity index (χ2v) is 5.79. The van der Waals surface area contributed by atoms with Crippen LogP contribution in [-0.2, 0) is 0 Å². The molecular weight excluding hydrogens is 316 g/mol. The van der Waals surface area contributed by atoms with Gasteiger partial charge in [0.15, 0.2) is 5.11 Å². The number of hydrogen-bond acceptors (Lipinski definition) is 3. The van der Waals surface area contributed by atoms with Gasteiger partial charge in [-0.05, 0) is 47.3 Å². The smallest absolute Gasteiger partial charge is 0.175 e. The minimum Gasteiger partial charge on any atom is -0.332 e. The molecule has 4 rings (SSSR count). The molecule has 0 saturated heterocycles. The number of nitrogens with zero attached hydrogens (tertiary/aromatic N) is 2. The van der Waals surface area contributed by atoms with E-state index in [0.717, 1.165) is 32.9 Å². The van der Waals surface area contributed by atoms with Gasteiger partial charge in [-0.25, -0.2) is 0 Å². The third-order valence-corrected chi connectivity index (χ3v) is 4.07. The Kier molecular flexibility index (Phi) is 3.76. The van der Waals surface area contributed by atoms with Crippen molar-refractivity contribution in [3.8, 4) is 0 Å². The zero-order chi connectivity index (χ0) is 16.4. The van der Waals surface area contributed by atoms with Crippen molar-refractivity contribution in [1.29, 1.82) is 0 Å². The van der Waals surface area contributed by atoms with Gasteiger partial charge in [-0.2, -0.15) is 0 Å². The molecule has 2 aromatic carbocycles. The molecule has 116 valence electrons. The number of nitrogens with one attached hydrogen (secondary N) is 2. The van der Waals surface area contributed by atoms with Crippen molar-refractivity contribution < 1.29 is 0 Å². The van der Waals surface area contributed by atoms with E-state index in [-0.39, 0.29) is 0 Å². The highest BCUT2D eigenvalue weighted by molar-refractivity contribution is 7.80. The van der Waals surface area contributed by atoms with Crippen LogP contribution < -0.4 is 10.6 Å². The molecule has 0 aliphatic carbocycles. The third kappa shape index (κ3) is 2.77. The summed E-state index contributed by atoms with van der Waals surface area (Å²) in [5, 5.41) is 11.3. The third-order valence-electron chi connectivity index (χ3n) is 3.86. The molecule has 2 aromatic heterocycles. The van der Waals surface area contributed by atoms with E-state index in [0.29, 0.717) is 5.11 Å². The molecule has 2 N–H and O–H groups in total. The largest absolute Gasteiger partial charge is 0.332 e. The average molecular weight is 330 g/mol. The molecule has 0 aliphatic heterocycles. The van der Waals surface area contributed by atoms with Gasteiger partial charge in [0.1, 0.15) is 0 Å². The topological polar surface area (TPSA) is 49.8 Å². The molecule has 0 fully saturated rings. The normalized spacial score (nSPS) is 10.7. The van der Waals surface area contributed by atoms with E-state index in [1.54, 1.807) is 12.4 Å². The van der Waals surface area contributed by atoms with Crippen LogP contribution in [0.1, 0.15) is 0 Å². The first kappa shape index (κ1) is 14.5. The Balaban J connectivity index is 1.62. The van der Waals surface area contributed by atoms with Crippen molar-refractivity contribution in [3.63, 3.8) is 0 Å². The van der Waals surface area contributed by atoms with Crippen LogP contribution in [-0.4, -0.2) is 15.1 Å². The lowest BCUT2D eigenvalue weighted by atomic mass is 10.1. The summed E-state index contributed by atoms with van der Waals surface area (Å²) < 4.78 is 0. The van der Waals surface area contributed by atoms with Gasteiger partial charge in [0, 0.05) is 46.9 Å². The summed E-state index contributed by atoms with van der Waals surface area (Å²) in [7, 11) is 0. The zero-order valence-corrected chi connectivity index (χ0v) is 13.5. The molecule has 0 spiro atoms. The van der Waals surface area contributed by atoms with Crippen LogP contribution in [0.2, 0.25) is 0 Å². The van der Waals surface area contributed by atoms with Gasteiger partial charge >= 0.3 is 0 Å². The summed E-state index contributed by atoms with van der Waals surface area (Å²) in [5.74, 6) is 0. The van der Waals surface area contributed by atoms with E-state index < -0.39 is 0 Å². The minimum absolute atomic E-state index is 0.530. The van der Waals surface area contributed by atoms with E-state index in [9.17, 15) is 0 Å². The Morgan fingerprint density at radius 1 is 0.708 bits per heavy atom. The lowest BCUT2D eigenvalue weighted by molar-refractivity contribution is 1.36. The van der Waals surface area contributed by atoms with Crippen molar-refractivity contribution in [1.82, 2.24) is 9.97 Å². The fourth-order valence-electron chi connectivity index (χ4n) is 2.72. The fourth-order valence-corrected chi connectivity index (χ4v) is 2.94. The average Bonchev–Trinajstić information content (AvgIpc) is 2.62. The van der Waals surface area contributed by atoms with Crippen molar-refractivity contribution in [2.45, 2.75) is 0 Å². The fraction of sp³-hybridized carbons (Fsp3) is 0. The molecule has 4 aromatic rings. The summed E-state index contributed by atoms with van der Waals surface area (Å²) >= 11 is 5.48. The number of anilines is 2. The summed E-state index contributed by atoms with van der Waals surface area (Å²) in [4.78, 5) is 8.39. The molecule has 0 atom stereocenters. The van der Waals surface area contributed by atoms with E-state index in [4.69, 9.17) is 12.2 Å². The quantitative estimate of drug-likeness (QED) is 0.526. The molecular formula is C19H14N4S. The Morgan fingerprint density at radius 2 is 1.21 bits per heavy atom. The molecule has 4 nitrogen and oxygen atoms in total. The number of aromatic nitrogens is 2. The molecule has 0 bridgehead atoms. The molecule has 5 heteroatoms. The van der Waals surface area contributed by atoms with E-state index in [2.05, 4.69) is 32.7 Å². The number of thiocarbonyl (C=S) groups is 1. The lowest BCUT2D eigenvalue weighted by Gasteiger charge is -2.13. The van der Waals surface area contributed by atoms with Gasteiger partial charge in [-0.1, -0.05) is 24.3 Å². The summed E-state index contributed by atoms with van der Waals surface area (Å²) in [5.41, 5.74) is 1.85. The summed E-state index contributed by atoms with van der Waals surface area (Å²) in [6, 6.07) is 16.0. The highest BCUT2D eigenvalue weighted by Crippen LogP contribution is 2.24. The zero-order valence-electron chi connectivity index (χ0n) is 12.7. The molecule has 0 radical (unpaired) electrons. The van der Waals surface area contributed by atoms with Crippen molar-refractivity contribution >= 4 is 50.2 Å². The van der Waals surface area contributed by atoms with Crippen LogP contribution in [0.5, 0.6) is 0 Å². The van der Waals surface area contributed by atoms with Crippen LogP contribution in [0, 0.1) is 0 Å². The molecule has 0 unspecified atom stereocenters. The highest BCUT2D eigenvalue weighted by Gasteiger charge is 2.05. The van der Waals surface area contributed by atoms with Crippen LogP contribution >= 0.6 is 12.2 Å². The lowest BCUT2D eigenvalue weighted by Crippen LogP contribution is -2.19. The highest BCUT2D eigenvalue weighted by atomic mass is 32.1. The van der Waals surface area contributed by atoms with Gasteiger partial charge < -0.3 is 10.6 Å².